The Labute approximate surface area is 138 Å². The minimum Gasteiger partial charge on any atom is -0.494 e. The van der Waals surface area contributed by atoms with Gasteiger partial charge in [0.1, 0.15) is 11.6 Å². The Morgan fingerprint density at radius 3 is 2.65 bits per heavy atom. The summed E-state index contributed by atoms with van der Waals surface area (Å²) < 4.78 is 18.7. The van der Waals surface area contributed by atoms with E-state index in [0.29, 0.717) is 12.3 Å². The highest BCUT2D eigenvalue weighted by atomic mass is 32.1. The first-order valence-corrected chi connectivity index (χ1v) is 8.20. The predicted octanol–water partition coefficient (Wildman–Crippen LogP) is 5.40. The van der Waals surface area contributed by atoms with Crippen LogP contribution in [0.3, 0.4) is 0 Å². The molecule has 0 atom stereocenters. The lowest BCUT2D eigenvalue weighted by atomic mass is 10.1. The third-order valence-electron chi connectivity index (χ3n) is 3.31. The highest BCUT2D eigenvalue weighted by Gasteiger charge is 2.10. The van der Waals surface area contributed by atoms with E-state index in [1.807, 2.05) is 44.2 Å². The molecule has 1 heterocycles. The average molecular weight is 328 g/mol. The summed E-state index contributed by atoms with van der Waals surface area (Å²) >= 11 is 1.55. The minimum atomic E-state index is -0.269. The molecule has 0 bridgehead atoms. The fourth-order valence-electron chi connectivity index (χ4n) is 2.28. The Morgan fingerprint density at radius 1 is 1.17 bits per heavy atom. The quantitative estimate of drug-likeness (QED) is 0.681. The molecule has 0 amide bonds. The van der Waals surface area contributed by atoms with E-state index in [1.165, 1.54) is 12.1 Å². The van der Waals surface area contributed by atoms with E-state index >= 15 is 0 Å². The number of rotatable bonds is 5. The number of hydrogen-bond donors (Lipinski definition) is 1. The van der Waals surface area contributed by atoms with Crippen LogP contribution in [0.25, 0.3) is 11.3 Å². The molecule has 3 aromatic rings. The minimum absolute atomic E-state index is 0.269. The molecule has 0 saturated carbocycles. The van der Waals surface area contributed by atoms with E-state index in [9.17, 15) is 4.39 Å². The molecule has 0 aliphatic heterocycles. The van der Waals surface area contributed by atoms with Crippen LogP contribution in [-0.4, -0.2) is 11.6 Å². The molecule has 3 rings (SSSR count). The van der Waals surface area contributed by atoms with Gasteiger partial charge in [0.2, 0.25) is 0 Å². The van der Waals surface area contributed by atoms with Gasteiger partial charge in [-0.05, 0) is 56.3 Å². The van der Waals surface area contributed by atoms with Crippen molar-refractivity contribution in [2.45, 2.75) is 13.8 Å². The predicted molar refractivity (Wildman–Crippen MR) is 93.1 cm³/mol. The first-order valence-electron chi connectivity index (χ1n) is 7.39. The number of nitrogens with one attached hydrogen (secondary N) is 1. The van der Waals surface area contributed by atoms with E-state index in [0.717, 1.165) is 27.0 Å². The maximum atomic E-state index is 13.3. The van der Waals surface area contributed by atoms with E-state index in [-0.39, 0.29) is 5.82 Å². The Hall–Kier alpha value is -2.40. The molecule has 1 aromatic heterocycles. The fraction of sp³-hybridized carbons (Fsp3) is 0.167. The zero-order valence-electron chi connectivity index (χ0n) is 13.0. The van der Waals surface area contributed by atoms with Gasteiger partial charge in [0.15, 0.2) is 5.13 Å². The van der Waals surface area contributed by atoms with Gasteiger partial charge < -0.3 is 10.1 Å². The van der Waals surface area contributed by atoms with Gasteiger partial charge >= 0.3 is 0 Å². The Morgan fingerprint density at radius 2 is 1.96 bits per heavy atom. The van der Waals surface area contributed by atoms with Crippen molar-refractivity contribution in [1.29, 1.82) is 0 Å². The van der Waals surface area contributed by atoms with Crippen molar-refractivity contribution in [3.05, 3.63) is 59.2 Å². The summed E-state index contributed by atoms with van der Waals surface area (Å²) in [6, 6.07) is 14.2. The molecule has 2 aromatic carbocycles. The van der Waals surface area contributed by atoms with Crippen molar-refractivity contribution in [3.8, 4) is 17.0 Å². The Kier molecular flexibility index (Phi) is 4.57. The maximum Gasteiger partial charge on any atom is 0.187 e. The number of ether oxygens (including phenoxy) is 1. The van der Waals surface area contributed by atoms with Gasteiger partial charge in [-0.3, -0.25) is 0 Å². The molecule has 118 valence electrons. The second-order valence-electron chi connectivity index (χ2n) is 5.02. The van der Waals surface area contributed by atoms with E-state index in [2.05, 4.69) is 10.3 Å². The number of aromatic nitrogens is 1. The molecule has 0 spiro atoms. The van der Waals surface area contributed by atoms with Crippen molar-refractivity contribution in [3.63, 3.8) is 0 Å². The van der Waals surface area contributed by atoms with Crippen LogP contribution < -0.4 is 10.1 Å². The van der Waals surface area contributed by atoms with Crippen LogP contribution in [0.2, 0.25) is 0 Å². The van der Waals surface area contributed by atoms with Gasteiger partial charge in [-0.1, -0.05) is 6.07 Å². The summed E-state index contributed by atoms with van der Waals surface area (Å²) in [5.74, 6) is 0.581. The van der Waals surface area contributed by atoms with Crippen LogP contribution in [0.15, 0.2) is 48.5 Å². The molecule has 1 N–H and O–H groups in total. The lowest BCUT2D eigenvalue weighted by Gasteiger charge is -2.04. The highest BCUT2D eigenvalue weighted by Crippen LogP contribution is 2.32. The van der Waals surface area contributed by atoms with Gasteiger partial charge in [-0.15, -0.1) is 11.3 Å². The standard InChI is InChI=1S/C18H17FN2OS/c1-3-22-16-9-7-13(8-10-16)17-12(2)23-18(21-17)20-15-6-4-5-14(19)11-15/h4-11H,3H2,1-2H3,(H,20,21). The first-order chi connectivity index (χ1) is 11.2. The van der Waals surface area contributed by atoms with E-state index in [1.54, 1.807) is 17.4 Å². The third kappa shape index (κ3) is 3.68. The second kappa shape index (κ2) is 6.79. The lowest BCUT2D eigenvalue weighted by Crippen LogP contribution is -1.91. The molecule has 5 heteroatoms. The Bertz CT molecular complexity index is 799. The number of nitrogens with zero attached hydrogens (tertiary/aromatic N) is 1. The van der Waals surface area contributed by atoms with E-state index < -0.39 is 0 Å². The topological polar surface area (TPSA) is 34.1 Å². The van der Waals surface area contributed by atoms with Gasteiger partial charge in [0.05, 0.1) is 12.3 Å². The van der Waals surface area contributed by atoms with Crippen LogP contribution >= 0.6 is 11.3 Å². The van der Waals surface area contributed by atoms with Gasteiger partial charge in [0, 0.05) is 16.1 Å². The number of halogens is 1. The van der Waals surface area contributed by atoms with Crippen LogP contribution in [0.5, 0.6) is 5.75 Å². The SMILES string of the molecule is CCOc1ccc(-c2nc(Nc3cccc(F)c3)sc2C)cc1. The number of hydrogen-bond acceptors (Lipinski definition) is 4. The average Bonchev–Trinajstić information content (AvgIpc) is 2.89. The summed E-state index contributed by atoms with van der Waals surface area (Å²) in [4.78, 5) is 5.73. The van der Waals surface area contributed by atoms with Crippen molar-refractivity contribution in [2.24, 2.45) is 0 Å². The monoisotopic (exact) mass is 328 g/mol. The fourth-order valence-corrected chi connectivity index (χ4v) is 3.14. The molecule has 23 heavy (non-hydrogen) atoms. The number of anilines is 2. The molecular weight excluding hydrogens is 311 g/mol. The highest BCUT2D eigenvalue weighted by molar-refractivity contribution is 7.16. The maximum absolute atomic E-state index is 13.3. The molecule has 0 unspecified atom stereocenters. The summed E-state index contributed by atoms with van der Waals surface area (Å²) in [6.45, 7) is 4.64. The van der Waals surface area contributed by atoms with Crippen LogP contribution in [-0.2, 0) is 0 Å². The smallest absolute Gasteiger partial charge is 0.187 e. The molecule has 0 aliphatic carbocycles. The largest absolute Gasteiger partial charge is 0.494 e. The number of aryl methyl sites for hydroxylation is 1. The Balaban J connectivity index is 1.83. The summed E-state index contributed by atoms with van der Waals surface area (Å²) in [6.07, 6.45) is 0. The summed E-state index contributed by atoms with van der Waals surface area (Å²) in [7, 11) is 0. The number of benzene rings is 2. The van der Waals surface area contributed by atoms with Crippen molar-refractivity contribution in [1.82, 2.24) is 4.98 Å². The first kappa shape index (κ1) is 15.5. The van der Waals surface area contributed by atoms with Gasteiger partial charge in [-0.2, -0.15) is 0 Å². The van der Waals surface area contributed by atoms with E-state index in [4.69, 9.17) is 4.74 Å². The van der Waals surface area contributed by atoms with Crippen molar-refractivity contribution < 1.29 is 9.13 Å². The van der Waals surface area contributed by atoms with Gasteiger partial charge in [0.25, 0.3) is 0 Å². The van der Waals surface area contributed by atoms with Crippen LogP contribution in [0, 0.1) is 12.7 Å². The third-order valence-corrected chi connectivity index (χ3v) is 4.20. The summed E-state index contributed by atoms with van der Waals surface area (Å²) in [5.41, 5.74) is 2.66. The molecule has 0 aliphatic rings. The molecule has 0 radical (unpaired) electrons. The van der Waals surface area contributed by atoms with Crippen molar-refractivity contribution >= 4 is 22.2 Å². The molecule has 0 fully saturated rings. The van der Waals surface area contributed by atoms with Crippen LogP contribution in [0.1, 0.15) is 11.8 Å². The summed E-state index contributed by atoms with van der Waals surface area (Å²) in [5, 5.41) is 3.90. The second-order valence-corrected chi connectivity index (χ2v) is 6.22. The van der Waals surface area contributed by atoms with Gasteiger partial charge in [-0.25, -0.2) is 9.37 Å². The lowest BCUT2D eigenvalue weighted by molar-refractivity contribution is 0.340. The number of thiazole rings is 1. The molecule has 0 saturated heterocycles. The normalized spacial score (nSPS) is 10.6. The van der Waals surface area contributed by atoms with Crippen molar-refractivity contribution in [2.75, 3.05) is 11.9 Å². The zero-order chi connectivity index (χ0) is 16.2. The molecule has 3 nitrogen and oxygen atoms in total. The molecular formula is C18H17FN2OS. The van der Waals surface area contributed by atoms with Crippen LogP contribution in [0.4, 0.5) is 15.2 Å². The zero-order valence-corrected chi connectivity index (χ0v) is 13.8.